The average molecular weight is 321 g/mol. The normalized spacial score (nSPS) is 11.0. The number of sulfone groups is 1. The van der Waals surface area contributed by atoms with E-state index in [2.05, 4.69) is 5.92 Å². The third-order valence-electron chi connectivity index (χ3n) is 2.34. The molecule has 0 atom stereocenters. The van der Waals surface area contributed by atoms with Crippen LogP contribution in [0, 0.1) is 12.3 Å². The van der Waals surface area contributed by atoms with Crippen LogP contribution in [0.1, 0.15) is 23.2 Å². The van der Waals surface area contributed by atoms with Crippen molar-refractivity contribution < 1.29 is 18.3 Å². The number of unbranched alkanes of at least 4 members (excludes halogenated alkanes) is 1. The highest BCUT2D eigenvalue weighted by Gasteiger charge is 2.24. The molecular formula is C12H10Cl2O4S. The number of hydrogen-bond donors (Lipinski definition) is 1. The molecule has 0 spiro atoms. The molecule has 0 aliphatic carbocycles. The van der Waals surface area contributed by atoms with Crippen LogP contribution in [0.4, 0.5) is 0 Å². The van der Waals surface area contributed by atoms with Gasteiger partial charge < -0.3 is 5.11 Å². The summed E-state index contributed by atoms with van der Waals surface area (Å²) in [5, 5.41) is 8.48. The van der Waals surface area contributed by atoms with E-state index in [4.69, 9.17) is 34.7 Å². The Morgan fingerprint density at radius 2 is 2.00 bits per heavy atom. The Balaban J connectivity index is 3.26. The van der Waals surface area contributed by atoms with E-state index in [0.29, 0.717) is 6.42 Å². The first-order valence-electron chi connectivity index (χ1n) is 5.18. The smallest absolute Gasteiger partial charge is 0.338 e. The van der Waals surface area contributed by atoms with Crippen LogP contribution < -0.4 is 0 Å². The van der Waals surface area contributed by atoms with Crippen molar-refractivity contribution in [3.8, 4) is 12.3 Å². The van der Waals surface area contributed by atoms with Gasteiger partial charge >= 0.3 is 5.97 Å². The maximum absolute atomic E-state index is 12.0. The zero-order chi connectivity index (χ0) is 14.6. The maximum Gasteiger partial charge on any atom is 0.338 e. The maximum atomic E-state index is 12.0. The molecule has 1 aromatic carbocycles. The lowest BCUT2D eigenvalue weighted by Crippen LogP contribution is -2.10. The Labute approximate surface area is 121 Å². The lowest BCUT2D eigenvalue weighted by molar-refractivity contribution is 0.0697. The molecule has 0 unspecified atom stereocenters. The van der Waals surface area contributed by atoms with Crippen molar-refractivity contribution >= 4 is 39.0 Å². The Bertz CT molecular complexity index is 644. The fraction of sp³-hybridized carbons (Fsp3) is 0.250. The van der Waals surface area contributed by atoms with Gasteiger partial charge in [0.25, 0.3) is 0 Å². The van der Waals surface area contributed by atoms with E-state index in [9.17, 15) is 13.2 Å². The van der Waals surface area contributed by atoms with Crippen LogP contribution in [-0.2, 0) is 9.84 Å². The highest BCUT2D eigenvalue weighted by molar-refractivity contribution is 7.91. The number of carboxylic acids is 1. The first-order chi connectivity index (χ1) is 8.81. The summed E-state index contributed by atoms with van der Waals surface area (Å²) in [6, 6.07) is 2.40. The predicted octanol–water partition coefficient (Wildman–Crippen LogP) is 2.88. The summed E-state index contributed by atoms with van der Waals surface area (Å²) < 4.78 is 24.0. The van der Waals surface area contributed by atoms with Gasteiger partial charge in [-0.1, -0.05) is 23.2 Å². The minimum Gasteiger partial charge on any atom is -0.478 e. The van der Waals surface area contributed by atoms with E-state index >= 15 is 0 Å². The van der Waals surface area contributed by atoms with Gasteiger partial charge in [-0.25, -0.2) is 13.2 Å². The molecule has 0 heterocycles. The summed E-state index contributed by atoms with van der Waals surface area (Å²) in [6.45, 7) is 0. The molecule has 0 saturated heterocycles. The number of rotatable bonds is 5. The number of hydrogen-bond acceptors (Lipinski definition) is 3. The molecule has 0 saturated carbocycles. The first-order valence-corrected chi connectivity index (χ1v) is 7.59. The number of halogens is 2. The summed E-state index contributed by atoms with van der Waals surface area (Å²) in [7, 11) is -3.69. The second kappa shape index (κ2) is 6.29. The van der Waals surface area contributed by atoms with Crippen LogP contribution in [0.25, 0.3) is 0 Å². The predicted molar refractivity (Wildman–Crippen MR) is 73.5 cm³/mol. The molecule has 1 N–H and O–H groups in total. The molecule has 0 radical (unpaired) electrons. The molecule has 4 nitrogen and oxygen atoms in total. The van der Waals surface area contributed by atoms with Gasteiger partial charge in [-0.05, 0) is 18.6 Å². The number of carboxylic acid groups (broad SMARTS) is 1. The Morgan fingerprint density at radius 3 is 2.53 bits per heavy atom. The third-order valence-corrected chi connectivity index (χ3v) is 4.99. The fourth-order valence-electron chi connectivity index (χ4n) is 1.44. The highest BCUT2D eigenvalue weighted by Crippen LogP contribution is 2.31. The van der Waals surface area contributed by atoms with Crippen LogP contribution in [-0.4, -0.2) is 25.2 Å². The largest absolute Gasteiger partial charge is 0.478 e. The van der Waals surface area contributed by atoms with E-state index in [1.54, 1.807) is 0 Å². The number of terminal acetylenes is 1. The highest BCUT2D eigenvalue weighted by atomic mass is 35.5. The van der Waals surface area contributed by atoms with E-state index in [-0.39, 0.29) is 27.1 Å². The zero-order valence-electron chi connectivity index (χ0n) is 9.69. The third kappa shape index (κ3) is 3.63. The van der Waals surface area contributed by atoms with Crippen LogP contribution in [0.3, 0.4) is 0 Å². The molecule has 19 heavy (non-hydrogen) atoms. The summed E-state index contributed by atoms with van der Waals surface area (Å²) in [5.74, 6) is 0.757. The zero-order valence-corrected chi connectivity index (χ0v) is 12.0. The number of carbonyl (C=O) groups is 1. The quantitative estimate of drug-likeness (QED) is 0.669. The van der Waals surface area contributed by atoms with Gasteiger partial charge in [0.2, 0.25) is 0 Å². The average Bonchev–Trinajstić information content (AvgIpc) is 2.28. The van der Waals surface area contributed by atoms with Crippen LogP contribution in [0.5, 0.6) is 0 Å². The molecule has 0 aliphatic heterocycles. The van der Waals surface area contributed by atoms with Gasteiger partial charge in [-0.2, -0.15) is 0 Å². The van der Waals surface area contributed by atoms with Crippen molar-refractivity contribution in [2.75, 3.05) is 5.75 Å². The molecule has 0 fully saturated rings. The summed E-state index contributed by atoms with van der Waals surface area (Å²) in [5.41, 5.74) is -0.415. The molecule has 0 bridgehead atoms. The first kappa shape index (κ1) is 15.8. The molecular weight excluding hydrogens is 311 g/mol. The van der Waals surface area contributed by atoms with Crippen molar-refractivity contribution in [1.29, 1.82) is 0 Å². The van der Waals surface area contributed by atoms with Crippen molar-refractivity contribution in [3.63, 3.8) is 0 Å². The summed E-state index contributed by atoms with van der Waals surface area (Å²) in [4.78, 5) is 10.7. The molecule has 7 heteroatoms. The summed E-state index contributed by atoms with van der Waals surface area (Å²) >= 11 is 11.5. The van der Waals surface area contributed by atoms with Gasteiger partial charge in [0.1, 0.15) is 0 Å². The molecule has 1 aromatic rings. The van der Waals surface area contributed by atoms with Crippen molar-refractivity contribution in [2.24, 2.45) is 0 Å². The molecule has 0 amide bonds. The number of aromatic carboxylic acids is 1. The van der Waals surface area contributed by atoms with E-state index in [1.165, 1.54) is 12.1 Å². The van der Waals surface area contributed by atoms with Gasteiger partial charge in [-0.3, -0.25) is 0 Å². The molecule has 1 rings (SSSR count). The Hall–Kier alpha value is -1.22. The molecule has 0 aliphatic rings. The second-order valence-corrected chi connectivity index (χ2v) is 6.53. The van der Waals surface area contributed by atoms with Gasteiger partial charge in [0.15, 0.2) is 9.84 Å². The standard InChI is InChI=1S/C12H10Cl2O4S/c1-2-3-4-7-19(17,18)9-6-5-8(13)10(11(9)14)12(15)16/h1,5-6H,3-4,7H2,(H,15,16). The minimum atomic E-state index is -3.69. The molecule has 0 aromatic heterocycles. The summed E-state index contributed by atoms with van der Waals surface area (Å²) in [6.07, 6.45) is 5.64. The lowest BCUT2D eigenvalue weighted by Gasteiger charge is -2.09. The fourth-order valence-corrected chi connectivity index (χ4v) is 3.72. The second-order valence-electron chi connectivity index (χ2n) is 3.67. The van der Waals surface area contributed by atoms with Crippen LogP contribution in [0.15, 0.2) is 17.0 Å². The van der Waals surface area contributed by atoms with Crippen molar-refractivity contribution in [1.82, 2.24) is 0 Å². The van der Waals surface area contributed by atoms with Gasteiger partial charge in [0.05, 0.1) is 26.3 Å². The number of benzene rings is 1. The van der Waals surface area contributed by atoms with Crippen molar-refractivity contribution in [3.05, 3.63) is 27.7 Å². The van der Waals surface area contributed by atoms with E-state index < -0.39 is 21.4 Å². The van der Waals surface area contributed by atoms with Gasteiger partial charge in [-0.15, -0.1) is 12.3 Å². The monoisotopic (exact) mass is 320 g/mol. The van der Waals surface area contributed by atoms with Crippen molar-refractivity contribution in [2.45, 2.75) is 17.7 Å². The minimum absolute atomic E-state index is 0.111. The Kier molecular flexibility index (Phi) is 5.24. The van der Waals surface area contributed by atoms with Crippen LogP contribution >= 0.6 is 23.2 Å². The van der Waals surface area contributed by atoms with Crippen LogP contribution in [0.2, 0.25) is 10.0 Å². The van der Waals surface area contributed by atoms with E-state index in [1.807, 2.05) is 0 Å². The lowest BCUT2D eigenvalue weighted by atomic mass is 10.2. The SMILES string of the molecule is C#CCCCS(=O)(=O)c1ccc(Cl)c(C(=O)O)c1Cl. The molecule has 102 valence electrons. The van der Waals surface area contributed by atoms with E-state index in [0.717, 1.165) is 0 Å². The Morgan fingerprint density at radius 1 is 1.37 bits per heavy atom. The topological polar surface area (TPSA) is 71.4 Å². The van der Waals surface area contributed by atoms with Gasteiger partial charge in [0, 0.05) is 6.42 Å².